The van der Waals surface area contributed by atoms with Crippen LogP contribution >= 0.6 is 24.0 Å². The summed E-state index contributed by atoms with van der Waals surface area (Å²) in [7, 11) is 3.25. The summed E-state index contributed by atoms with van der Waals surface area (Å²) in [6.07, 6.45) is 0.754. The van der Waals surface area contributed by atoms with Crippen molar-refractivity contribution < 1.29 is 14.2 Å². The van der Waals surface area contributed by atoms with Gasteiger partial charge in [-0.2, -0.15) is 0 Å². The summed E-state index contributed by atoms with van der Waals surface area (Å²) in [5, 5.41) is 3.10. The van der Waals surface area contributed by atoms with Gasteiger partial charge in [0.15, 0.2) is 17.5 Å². The van der Waals surface area contributed by atoms with E-state index in [1.807, 2.05) is 54.6 Å². The van der Waals surface area contributed by atoms with Gasteiger partial charge in [-0.15, -0.1) is 24.0 Å². The van der Waals surface area contributed by atoms with E-state index in [2.05, 4.69) is 28.5 Å². The van der Waals surface area contributed by atoms with Gasteiger partial charge < -0.3 is 25.3 Å². The maximum Gasteiger partial charge on any atom is 0.188 e. The third-order valence-electron chi connectivity index (χ3n) is 4.77. The summed E-state index contributed by atoms with van der Waals surface area (Å²) in [5.41, 5.74) is 9.28. The summed E-state index contributed by atoms with van der Waals surface area (Å²) in [6, 6.07) is 24.1. The molecule has 0 heterocycles. The van der Waals surface area contributed by atoms with Gasteiger partial charge in [0.2, 0.25) is 0 Å². The maximum atomic E-state index is 5.98. The van der Waals surface area contributed by atoms with E-state index < -0.39 is 0 Å². The Balaban J connectivity index is 0.00000363. The van der Waals surface area contributed by atoms with Crippen molar-refractivity contribution in [2.75, 3.05) is 33.9 Å². The lowest BCUT2D eigenvalue weighted by molar-refractivity contribution is 0.323. The fourth-order valence-electron chi connectivity index (χ4n) is 3.19. The molecule has 32 heavy (non-hydrogen) atoms. The van der Waals surface area contributed by atoms with E-state index in [9.17, 15) is 0 Å². The molecule has 0 atom stereocenters. The van der Waals surface area contributed by atoms with Crippen molar-refractivity contribution in [2.24, 2.45) is 10.7 Å². The second-order valence-corrected chi connectivity index (χ2v) is 6.84. The second kappa shape index (κ2) is 13.5. The zero-order valence-electron chi connectivity index (χ0n) is 18.4. The number of nitrogens with zero attached hydrogens (tertiary/aromatic N) is 1. The Hall–Kier alpha value is -2.94. The van der Waals surface area contributed by atoms with E-state index in [0.717, 1.165) is 28.9 Å². The van der Waals surface area contributed by atoms with Crippen molar-refractivity contribution in [1.29, 1.82) is 0 Å². The van der Waals surface area contributed by atoms with Crippen molar-refractivity contribution in [2.45, 2.75) is 6.42 Å². The number of hydrogen-bond acceptors (Lipinski definition) is 4. The van der Waals surface area contributed by atoms with E-state index in [-0.39, 0.29) is 24.0 Å². The highest BCUT2D eigenvalue weighted by molar-refractivity contribution is 14.0. The van der Waals surface area contributed by atoms with Crippen LogP contribution in [0.3, 0.4) is 0 Å². The molecule has 7 heteroatoms. The van der Waals surface area contributed by atoms with Gasteiger partial charge in [-0.3, -0.25) is 4.99 Å². The number of halogens is 1. The molecule has 170 valence electrons. The van der Waals surface area contributed by atoms with E-state index in [1.165, 1.54) is 0 Å². The first-order valence-corrected chi connectivity index (χ1v) is 10.2. The average Bonchev–Trinajstić information content (AvgIpc) is 2.82. The Kier molecular flexibility index (Phi) is 10.7. The van der Waals surface area contributed by atoms with Crippen LogP contribution in [0.15, 0.2) is 77.8 Å². The van der Waals surface area contributed by atoms with E-state index in [4.69, 9.17) is 19.9 Å². The topological polar surface area (TPSA) is 78.1 Å². The summed E-state index contributed by atoms with van der Waals surface area (Å²) >= 11 is 0. The molecule has 0 aliphatic heterocycles. The molecule has 0 aliphatic rings. The average molecular weight is 547 g/mol. The Morgan fingerprint density at radius 3 is 2.34 bits per heavy atom. The Bertz CT molecular complexity index is 997. The van der Waals surface area contributed by atoms with Crippen LogP contribution in [-0.2, 0) is 6.42 Å². The third-order valence-corrected chi connectivity index (χ3v) is 4.77. The van der Waals surface area contributed by atoms with Gasteiger partial charge in [-0.1, -0.05) is 54.6 Å². The normalized spacial score (nSPS) is 10.8. The monoisotopic (exact) mass is 547 g/mol. The molecule has 0 radical (unpaired) electrons. The SMILES string of the molecule is COc1ccc(CCN=C(N)NCCOc2ccccc2-c2ccccc2)cc1OC.I. The second-order valence-electron chi connectivity index (χ2n) is 6.84. The lowest BCUT2D eigenvalue weighted by Gasteiger charge is -2.12. The smallest absolute Gasteiger partial charge is 0.188 e. The van der Waals surface area contributed by atoms with Crippen LogP contribution in [0.25, 0.3) is 11.1 Å². The molecule has 0 amide bonds. The summed E-state index contributed by atoms with van der Waals surface area (Å²) in [4.78, 5) is 4.38. The highest BCUT2D eigenvalue weighted by Gasteiger charge is 2.06. The van der Waals surface area contributed by atoms with E-state index >= 15 is 0 Å². The number of guanidine groups is 1. The van der Waals surface area contributed by atoms with Crippen LogP contribution in [0.4, 0.5) is 0 Å². The molecule has 0 saturated heterocycles. The number of methoxy groups -OCH3 is 2. The van der Waals surface area contributed by atoms with Crippen molar-refractivity contribution in [3.05, 3.63) is 78.4 Å². The van der Waals surface area contributed by atoms with Crippen molar-refractivity contribution >= 4 is 29.9 Å². The van der Waals surface area contributed by atoms with Gasteiger partial charge in [0.1, 0.15) is 12.4 Å². The molecule has 0 spiro atoms. The van der Waals surface area contributed by atoms with Gasteiger partial charge >= 0.3 is 0 Å². The maximum absolute atomic E-state index is 5.98. The predicted octanol–water partition coefficient (Wildman–Crippen LogP) is 4.51. The lowest BCUT2D eigenvalue weighted by atomic mass is 10.1. The van der Waals surface area contributed by atoms with Crippen LogP contribution in [0, 0.1) is 0 Å². The highest BCUT2D eigenvalue weighted by atomic mass is 127. The van der Waals surface area contributed by atoms with E-state index in [1.54, 1.807) is 14.2 Å². The number of nitrogens with two attached hydrogens (primary N) is 1. The minimum atomic E-state index is 0. The molecule has 3 aromatic carbocycles. The first-order chi connectivity index (χ1) is 15.2. The first kappa shape index (κ1) is 25.3. The molecular weight excluding hydrogens is 517 g/mol. The van der Waals surface area contributed by atoms with Gasteiger partial charge in [-0.05, 0) is 35.7 Å². The number of ether oxygens (including phenoxy) is 3. The first-order valence-electron chi connectivity index (χ1n) is 10.2. The van der Waals surface area contributed by atoms with Gasteiger partial charge in [-0.25, -0.2) is 0 Å². The molecular formula is C25H30IN3O3. The van der Waals surface area contributed by atoms with Crippen molar-refractivity contribution in [3.8, 4) is 28.4 Å². The van der Waals surface area contributed by atoms with Crippen LogP contribution in [-0.4, -0.2) is 39.9 Å². The van der Waals surface area contributed by atoms with E-state index in [0.29, 0.717) is 37.2 Å². The standard InChI is InChI=1S/C25H29N3O3.HI/c1-29-23-13-12-19(18-24(23)30-2)14-15-27-25(26)28-16-17-31-22-11-7-6-10-21(22)20-8-4-3-5-9-20;/h3-13,18H,14-17H2,1-2H3,(H3,26,27,28);1H. The van der Waals surface area contributed by atoms with Gasteiger partial charge in [0, 0.05) is 12.1 Å². The third kappa shape index (κ3) is 7.33. The number of benzene rings is 3. The molecule has 0 unspecified atom stereocenters. The summed E-state index contributed by atoms with van der Waals surface area (Å²) < 4.78 is 16.6. The fraction of sp³-hybridized carbons (Fsp3) is 0.240. The van der Waals surface area contributed by atoms with Crippen molar-refractivity contribution in [1.82, 2.24) is 5.32 Å². The summed E-state index contributed by atoms with van der Waals surface area (Å²) in [5.74, 6) is 2.67. The minimum absolute atomic E-state index is 0. The number of nitrogens with one attached hydrogen (secondary N) is 1. The fourth-order valence-corrected chi connectivity index (χ4v) is 3.19. The van der Waals surface area contributed by atoms with Crippen LogP contribution in [0.5, 0.6) is 17.2 Å². The molecule has 0 aliphatic carbocycles. The number of aliphatic imine (C=N–C) groups is 1. The predicted molar refractivity (Wildman–Crippen MR) is 141 cm³/mol. The van der Waals surface area contributed by atoms with Crippen molar-refractivity contribution in [3.63, 3.8) is 0 Å². The minimum Gasteiger partial charge on any atom is -0.493 e. The van der Waals surface area contributed by atoms with Crippen LogP contribution < -0.4 is 25.3 Å². The van der Waals surface area contributed by atoms with Gasteiger partial charge in [0.05, 0.1) is 20.8 Å². The lowest BCUT2D eigenvalue weighted by Crippen LogP contribution is -2.35. The number of para-hydroxylation sites is 1. The van der Waals surface area contributed by atoms with Crippen LogP contribution in [0.1, 0.15) is 5.56 Å². The molecule has 3 aromatic rings. The Morgan fingerprint density at radius 1 is 0.875 bits per heavy atom. The molecule has 0 fully saturated rings. The largest absolute Gasteiger partial charge is 0.493 e. The number of rotatable bonds is 10. The Labute approximate surface area is 206 Å². The molecule has 3 N–H and O–H groups in total. The molecule has 0 saturated carbocycles. The molecule has 6 nitrogen and oxygen atoms in total. The van der Waals surface area contributed by atoms with Gasteiger partial charge in [0.25, 0.3) is 0 Å². The number of hydrogen-bond donors (Lipinski definition) is 2. The summed E-state index contributed by atoms with van der Waals surface area (Å²) in [6.45, 7) is 1.62. The zero-order valence-corrected chi connectivity index (χ0v) is 20.7. The molecule has 0 bridgehead atoms. The molecule has 0 aromatic heterocycles. The Morgan fingerprint density at radius 2 is 1.59 bits per heavy atom. The van der Waals surface area contributed by atoms with Crippen LogP contribution in [0.2, 0.25) is 0 Å². The zero-order chi connectivity index (χ0) is 21.9. The quantitative estimate of drug-likeness (QED) is 0.169. The molecule has 3 rings (SSSR count). The highest BCUT2D eigenvalue weighted by Crippen LogP contribution is 2.29.